The quantitative estimate of drug-likeness (QED) is 0.648. The molecule has 3 rings (SSSR count). The zero-order chi connectivity index (χ0) is 13.8. The fraction of sp³-hybridized carbons (Fsp3) is 0.158. The summed E-state index contributed by atoms with van der Waals surface area (Å²) in [6.45, 7) is 4.16. The Morgan fingerprint density at radius 2 is 1.45 bits per heavy atom. The van der Waals surface area contributed by atoms with Crippen molar-refractivity contribution in [3.63, 3.8) is 0 Å². The van der Waals surface area contributed by atoms with E-state index in [0.717, 1.165) is 13.1 Å². The molecule has 1 heteroatoms. The first-order valence-corrected chi connectivity index (χ1v) is 7.15. The SMILES string of the molecule is CCN(Cc1cccc2ccccc12)c1ccccc1. The van der Waals surface area contributed by atoms with Gasteiger partial charge in [-0.3, -0.25) is 0 Å². The Balaban J connectivity index is 1.96. The van der Waals surface area contributed by atoms with E-state index in [-0.39, 0.29) is 0 Å². The van der Waals surface area contributed by atoms with Crippen molar-refractivity contribution in [1.82, 2.24) is 0 Å². The molecule has 0 spiro atoms. The molecule has 0 aliphatic rings. The summed E-state index contributed by atoms with van der Waals surface area (Å²) in [6, 6.07) is 25.8. The van der Waals surface area contributed by atoms with Crippen molar-refractivity contribution in [2.24, 2.45) is 0 Å². The molecule has 3 aromatic rings. The van der Waals surface area contributed by atoms with Crippen LogP contribution in [0.25, 0.3) is 10.8 Å². The standard InChI is InChI=1S/C19H19N/c1-2-20(18-12-4-3-5-13-18)15-17-11-8-10-16-9-6-7-14-19(16)17/h3-14H,2,15H2,1H3. The van der Waals surface area contributed by atoms with Crippen LogP contribution in [0.3, 0.4) is 0 Å². The fourth-order valence-electron chi connectivity index (χ4n) is 2.66. The van der Waals surface area contributed by atoms with Crippen molar-refractivity contribution in [3.05, 3.63) is 78.4 Å². The van der Waals surface area contributed by atoms with Crippen LogP contribution in [-0.2, 0) is 6.54 Å². The molecular formula is C19H19N. The minimum absolute atomic E-state index is 0.946. The van der Waals surface area contributed by atoms with E-state index in [1.54, 1.807) is 0 Å². The number of para-hydroxylation sites is 1. The van der Waals surface area contributed by atoms with E-state index in [1.807, 2.05) is 0 Å². The summed E-state index contributed by atoms with van der Waals surface area (Å²) in [6.07, 6.45) is 0. The molecule has 0 heterocycles. The Bertz CT molecular complexity index is 683. The highest BCUT2D eigenvalue weighted by Crippen LogP contribution is 2.22. The Kier molecular flexibility index (Phi) is 3.69. The lowest BCUT2D eigenvalue weighted by molar-refractivity contribution is 0.836. The summed E-state index contributed by atoms with van der Waals surface area (Å²) in [5, 5.41) is 2.67. The number of anilines is 1. The summed E-state index contributed by atoms with van der Waals surface area (Å²) < 4.78 is 0. The zero-order valence-electron chi connectivity index (χ0n) is 11.8. The first-order valence-electron chi connectivity index (χ1n) is 7.15. The zero-order valence-corrected chi connectivity index (χ0v) is 11.8. The third-order valence-corrected chi connectivity index (χ3v) is 3.74. The minimum atomic E-state index is 0.946. The normalized spacial score (nSPS) is 10.7. The predicted octanol–water partition coefficient (Wildman–Crippen LogP) is 4.87. The minimum Gasteiger partial charge on any atom is -0.367 e. The average molecular weight is 261 g/mol. The molecule has 0 aromatic heterocycles. The van der Waals surface area contributed by atoms with Crippen LogP contribution in [0.15, 0.2) is 72.8 Å². The van der Waals surface area contributed by atoms with Gasteiger partial charge in [0.05, 0.1) is 0 Å². The molecule has 0 radical (unpaired) electrons. The Morgan fingerprint density at radius 1 is 0.750 bits per heavy atom. The largest absolute Gasteiger partial charge is 0.367 e. The number of rotatable bonds is 4. The van der Waals surface area contributed by atoms with Gasteiger partial charge >= 0.3 is 0 Å². The van der Waals surface area contributed by atoms with Gasteiger partial charge in [0.25, 0.3) is 0 Å². The molecular weight excluding hydrogens is 242 g/mol. The van der Waals surface area contributed by atoms with Gasteiger partial charge < -0.3 is 4.90 Å². The molecule has 0 fully saturated rings. The first-order chi connectivity index (χ1) is 9.88. The average Bonchev–Trinajstić information content (AvgIpc) is 2.53. The second-order valence-electron chi connectivity index (χ2n) is 4.99. The Hall–Kier alpha value is -2.28. The van der Waals surface area contributed by atoms with Crippen LogP contribution >= 0.6 is 0 Å². The molecule has 0 atom stereocenters. The first kappa shape index (κ1) is 12.7. The van der Waals surface area contributed by atoms with Gasteiger partial charge in [-0.05, 0) is 35.4 Å². The number of fused-ring (bicyclic) bond motifs is 1. The van der Waals surface area contributed by atoms with Gasteiger partial charge in [0.1, 0.15) is 0 Å². The lowest BCUT2D eigenvalue weighted by Gasteiger charge is -2.24. The van der Waals surface area contributed by atoms with Gasteiger partial charge in [0, 0.05) is 18.8 Å². The molecule has 0 saturated carbocycles. The molecule has 0 bridgehead atoms. The second kappa shape index (κ2) is 5.79. The van der Waals surface area contributed by atoms with E-state index >= 15 is 0 Å². The maximum Gasteiger partial charge on any atom is 0.0435 e. The highest BCUT2D eigenvalue weighted by molar-refractivity contribution is 5.85. The predicted molar refractivity (Wildman–Crippen MR) is 87.1 cm³/mol. The maximum absolute atomic E-state index is 2.40. The van der Waals surface area contributed by atoms with Crippen LogP contribution in [0.2, 0.25) is 0 Å². The summed E-state index contributed by atoms with van der Waals surface area (Å²) in [5.41, 5.74) is 2.66. The number of hydrogen-bond donors (Lipinski definition) is 0. The van der Waals surface area contributed by atoms with Crippen LogP contribution in [0.4, 0.5) is 5.69 Å². The summed E-state index contributed by atoms with van der Waals surface area (Å²) in [7, 11) is 0. The van der Waals surface area contributed by atoms with Gasteiger partial charge in [-0.2, -0.15) is 0 Å². The molecule has 0 saturated heterocycles. The van der Waals surface area contributed by atoms with Crippen molar-refractivity contribution in [3.8, 4) is 0 Å². The van der Waals surface area contributed by atoms with Crippen LogP contribution < -0.4 is 4.90 Å². The lowest BCUT2D eigenvalue weighted by atomic mass is 10.0. The summed E-state index contributed by atoms with van der Waals surface area (Å²) in [4.78, 5) is 2.40. The van der Waals surface area contributed by atoms with Crippen LogP contribution in [-0.4, -0.2) is 6.54 Å². The molecule has 0 amide bonds. The fourth-order valence-corrected chi connectivity index (χ4v) is 2.66. The van der Waals surface area contributed by atoms with E-state index in [2.05, 4.69) is 84.6 Å². The monoisotopic (exact) mass is 261 g/mol. The van der Waals surface area contributed by atoms with E-state index in [9.17, 15) is 0 Å². The van der Waals surface area contributed by atoms with E-state index < -0.39 is 0 Å². The van der Waals surface area contributed by atoms with Gasteiger partial charge in [0.2, 0.25) is 0 Å². The van der Waals surface area contributed by atoms with Gasteiger partial charge in [-0.1, -0.05) is 60.7 Å². The lowest BCUT2D eigenvalue weighted by Crippen LogP contribution is -2.21. The third kappa shape index (κ3) is 2.53. The van der Waals surface area contributed by atoms with Crippen molar-refractivity contribution < 1.29 is 0 Å². The second-order valence-corrected chi connectivity index (χ2v) is 4.99. The molecule has 3 aromatic carbocycles. The van der Waals surface area contributed by atoms with Gasteiger partial charge in [-0.15, -0.1) is 0 Å². The van der Waals surface area contributed by atoms with E-state index in [1.165, 1.54) is 22.0 Å². The molecule has 0 unspecified atom stereocenters. The topological polar surface area (TPSA) is 3.24 Å². The molecule has 0 aliphatic heterocycles. The van der Waals surface area contributed by atoms with Crippen molar-refractivity contribution >= 4 is 16.5 Å². The van der Waals surface area contributed by atoms with Crippen LogP contribution in [0.1, 0.15) is 12.5 Å². The number of nitrogens with zero attached hydrogens (tertiary/aromatic N) is 1. The van der Waals surface area contributed by atoms with Crippen molar-refractivity contribution in [2.45, 2.75) is 13.5 Å². The number of benzene rings is 3. The highest BCUT2D eigenvalue weighted by atomic mass is 15.1. The Morgan fingerprint density at radius 3 is 2.25 bits per heavy atom. The molecule has 20 heavy (non-hydrogen) atoms. The summed E-state index contributed by atoms with van der Waals surface area (Å²) in [5.74, 6) is 0. The molecule has 1 nitrogen and oxygen atoms in total. The van der Waals surface area contributed by atoms with Gasteiger partial charge in [-0.25, -0.2) is 0 Å². The molecule has 0 aliphatic carbocycles. The number of hydrogen-bond acceptors (Lipinski definition) is 1. The highest BCUT2D eigenvalue weighted by Gasteiger charge is 2.07. The smallest absolute Gasteiger partial charge is 0.0435 e. The third-order valence-electron chi connectivity index (χ3n) is 3.74. The van der Waals surface area contributed by atoms with Crippen LogP contribution in [0, 0.1) is 0 Å². The molecule has 0 N–H and O–H groups in total. The van der Waals surface area contributed by atoms with Crippen molar-refractivity contribution in [2.75, 3.05) is 11.4 Å². The Labute approximate surface area is 120 Å². The van der Waals surface area contributed by atoms with E-state index in [0.29, 0.717) is 0 Å². The molecule has 100 valence electrons. The van der Waals surface area contributed by atoms with Crippen LogP contribution in [0.5, 0.6) is 0 Å². The van der Waals surface area contributed by atoms with Gasteiger partial charge in [0.15, 0.2) is 0 Å². The van der Waals surface area contributed by atoms with Crippen molar-refractivity contribution in [1.29, 1.82) is 0 Å². The maximum atomic E-state index is 2.40. The van der Waals surface area contributed by atoms with E-state index in [4.69, 9.17) is 0 Å². The summed E-state index contributed by atoms with van der Waals surface area (Å²) >= 11 is 0.